The topological polar surface area (TPSA) is 45.0 Å². The maximum Gasteiger partial charge on any atom is 0.174 e. The normalized spacial score (nSPS) is 10.0. The van der Waals surface area contributed by atoms with Crippen molar-refractivity contribution in [1.82, 2.24) is 5.32 Å². The summed E-state index contributed by atoms with van der Waals surface area (Å²) in [5.74, 6) is 0.731. The van der Waals surface area contributed by atoms with Crippen molar-refractivity contribution in [2.45, 2.75) is 20.0 Å². The van der Waals surface area contributed by atoms with Gasteiger partial charge in [0.05, 0.1) is 0 Å². The van der Waals surface area contributed by atoms with Crippen molar-refractivity contribution in [3.05, 3.63) is 65.2 Å². The van der Waals surface area contributed by atoms with Gasteiger partial charge in [-0.3, -0.25) is 0 Å². The van der Waals surface area contributed by atoms with Gasteiger partial charge in [0.2, 0.25) is 0 Å². The second kappa shape index (κ2) is 7.32. The van der Waals surface area contributed by atoms with E-state index in [1.165, 1.54) is 16.7 Å². The Hall–Kier alpha value is -2.31. The number of ether oxygens (including phenoxy) is 1. The lowest BCUT2D eigenvalue weighted by Crippen LogP contribution is -2.12. The fourth-order valence-corrected chi connectivity index (χ4v) is 1.99. The molecule has 3 heteroatoms. The van der Waals surface area contributed by atoms with Crippen LogP contribution in [0.15, 0.2) is 48.5 Å². The van der Waals surface area contributed by atoms with Gasteiger partial charge in [-0.15, -0.1) is 0 Å². The first-order valence-corrected chi connectivity index (χ1v) is 6.63. The van der Waals surface area contributed by atoms with E-state index in [1.807, 2.05) is 30.3 Å². The summed E-state index contributed by atoms with van der Waals surface area (Å²) < 4.78 is 5.22. The molecule has 2 aromatic rings. The maximum absolute atomic E-state index is 8.44. The molecule has 0 fully saturated rings. The summed E-state index contributed by atoms with van der Waals surface area (Å²) in [4.78, 5) is 0. The Balaban J connectivity index is 1.81. The molecule has 0 spiro atoms. The lowest BCUT2D eigenvalue weighted by Gasteiger charge is -2.07. The van der Waals surface area contributed by atoms with Crippen molar-refractivity contribution in [3.63, 3.8) is 0 Å². The van der Waals surface area contributed by atoms with Crippen LogP contribution in [0.1, 0.15) is 16.7 Å². The number of hydrogen-bond acceptors (Lipinski definition) is 3. The number of nitrogens with one attached hydrogen (secondary N) is 1. The average molecular weight is 266 g/mol. The van der Waals surface area contributed by atoms with E-state index in [0.717, 1.165) is 18.8 Å². The zero-order valence-corrected chi connectivity index (χ0v) is 11.6. The predicted molar refractivity (Wildman–Crippen MR) is 79.3 cm³/mol. The van der Waals surface area contributed by atoms with Crippen LogP contribution in [-0.4, -0.2) is 6.61 Å². The summed E-state index contributed by atoms with van der Waals surface area (Å²) >= 11 is 0. The molecule has 0 radical (unpaired) electrons. The lowest BCUT2D eigenvalue weighted by atomic mass is 10.1. The van der Waals surface area contributed by atoms with E-state index in [0.29, 0.717) is 0 Å². The van der Waals surface area contributed by atoms with Crippen LogP contribution in [0.4, 0.5) is 0 Å². The Morgan fingerprint density at radius 3 is 2.50 bits per heavy atom. The minimum Gasteiger partial charge on any atom is -0.479 e. The summed E-state index contributed by atoms with van der Waals surface area (Å²) in [6, 6.07) is 18.2. The van der Waals surface area contributed by atoms with Crippen molar-refractivity contribution >= 4 is 0 Å². The monoisotopic (exact) mass is 266 g/mol. The Bertz CT molecular complexity index is 585. The summed E-state index contributed by atoms with van der Waals surface area (Å²) in [6.45, 7) is 3.86. The molecule has 3 nitrogen and oxygen atoms in total. The molecule has 0 heterocycles. The Morgan fingerprint density at radius 1 is 1.05 bits per heavy atom. The molecular formula is C17H18N2O. The summed E-state index contributed by atoms with van der Waals surface area (Å²) in [5, 5.41) is 11.9. The van der Waals surface area contributed by atoms with Gasteiger partial charge >= 0.3 is 0 Å². The van der Waals surface area contributed by atoms with Crippen LogP contribution in [-0.2, 0) is 13.1 Å². The summed E-state index contributed by atoms with van der Waals surface area (Å²) in [7, 11) is 0. The molecule has 102 valence electrons. The van der Waals surface area contributed by atoms with E-state index >= 15 is 0 Å². The van der Waals surface area contributed by atoms with Crippen LogP contribution >= 0.6 is 0 Å². The fourth-order valence-electron chi connectivity index (χ4n) is 1.99. The predicted octanol–water partition coefficient (Wildman–Crippen LogP) is 3.19. The first-order chi connectivity index (χ1) is 9.78. The van der Waals surface area contributed by atoms with Gasteiger partial charge in [0, 0.05) is 13.1 Å². The average Bonchev–Trinajstić information content (AvgIpc) is 2.46. The van der Waals surface area contributed by atoms with Gasteiger partial charge in [0.1, 0.15) is 11.8 Å². The quantitative estimate of drug-likeness (QED) is 0.873. The molecule has 2 rings (SSSR count). The van der Waals surface area contributed by atoms with Crippen molar-refractivity contribution < 1.29 is 4.74 Å². The summed E-state index contributed by atoms with van der Waals surface area (Å²) in [5.41, 5.74) is 3.77. The fraction of sp³-hybridized carbons (Fsp3) is 0.235. The third-order valence-electron chi connectivity index (χ3n) is 2.97. The zero-order valence-electron chi connectivity index (χ0n) is 11.6. The third kappa shape index (κ3) is 4.42. The minimum atomic E-state index is 0.0882. The third-order valence-corrected chi connectivity index (χ3v) is 2.97. The Morgan fingerprint density at radius 2 is 1.80 bits per heavy atom. The number of nitrogens with zero attached hydrogens (tertiary/aromatic N) is 1. The summed E-state index contributed by atoms with van der Waals surface area (Å²) in [6.07, 6.45) is 0. The highest BCUT2D eigenvalue weighted by Crippen LogP contribution is 2.12. The smallest absolute Gasteiger partial charge is 0.174 e. The van der Waals surface area contributed by atoms with Gasteiger partial charge in [-0.25, -0.2) is 0 Å². The van der Waals surface area contributed by atoms with Crippen LogP contribution in [0.2, 0.25) is 0 Å². The highest BCUT2D eigenvalue weighted by atomic mass is 16.5. The number of hydrogen-bond donors (Lipinski definition) is 1. The van der Waals surface area contributed by atoms with E-state index in [9.17, 15) is 0 Å². The molecule has 20 heavy (non-hydrogen) atoms. The molecule has 0 saturated heterocycles. The molecule has 2 aromatic carbocycles. The Labute approximate surface area is 119 Å². The van der Waals surface area contributed by atoms with Crippen LogP contribution in [0.5, 0.6) is 5.75 Å². The van der Waals surface area contributed by atoms with Gasteiger partial charge in [-0.2, -0.15) is 5.26 Å². The van der Waals surface area contributed by atoms with E-state index in [4.69, 9.17) is 10.00 Å². The highest BCUT2D eigenvalue weighted by Gasteiger charge is 1.97. The highest BCUT2D eigenvalue weighted by molar-refractivity contribution is 5.27. The molecule has 0 aliphatic rings. The van der Waals surface area contributed by atoms with Crippen molar-refractivity contribution in [2.75, 3.05) is 6.61 Å². The van der Waals surface area contributed by atoms with Crippen LogP contribution in [0, 0.1) is 18.3 Å². The molecule has 0 saturated carbocycles. The molecule has 0 unspecified atom stereocenters. The van der Waals surface area contributed by atoms with Crippen molar-refractivity contribution in [1.29, 1.82) is 5.26 Å². The second-order valence-corrected chi connectivity index (χ2v) is 4.68. The van der Waals surface area contributed by atoms with Gasteiger partial charge < -0.3 is 10.1 Å². The number of benzene rings is 2. The Kier molecular flexibility index (Phi) is 5.16. The van der Waals surface area contributed by atoms with Gasteiger partial charge in [-0.05, 0) is 30.2 Å². The zero-order chi connectivity index (χ0) is 14.2. The first kappa shape index (κ1) is 14.1. The number of rotatable bonds is 6. The van der Waals surface area contributed by atoms with Crippen LogP contribution < -0.4 is 10.1 Å². The number of nitriles is 1. The second-order valence-electron chi connectivity index (χ2n) is 4.68. The van der Waals surface area contributed by atoms with Crippen molar-refractivity contribution in [2.24, 2.45) is 0 Å². The van der Waals surface area contributed by atoms with E-state index in [2.05, 4.69) is 36.5 Å². The largest absolute Gasteiger partial charge is 0.479 e. The van der Waals surface area contributed by atoms with Crippen molar-refractivity contribution in [3.8, 4) is 11.8 Å². The molecule has 1 N–H and O–H groups in total. The standard InChI is InChI=1S/C17H18N2O/c1-14-3-2-4-16(11-14)13-19-12-15-5-7-17(8-6-15)20-10-9-18/h2-8,11,19H,10,12-13H2,1H3. The van der Waals surface area contributed by atoms with Gasteiger partial charge in [0.15, 0.2) is 6.61 Å². The first-order valence-electron chi connectivity index (χ1n) is 6.63. The van der Waals surface area contributed by atoms with E-state index in [1.54, 1.807) is 0 Å². The van der Waals surface area contributed by atoms with Crippen LogP contribution in [0.25, 0.3) is 0 Å². The number of aryl methyl sites for hydroxylation is 1. The van der Waals surface area contributed by atoms with E-state index < -0.39 is 0 Å². The lowest BCUT2D eigenvalue weighted by molar-refractivity contribution is 0.368. The minimum absolute atomic E-state index is 0.0882. The van der Waals surface area contributed by atoms with E-state index in [-0.39, 0.29) is 6.61 Å². The van der Waals surface area contributed by atoms with Crippen LogP contribution in [0.3, 0.4) is 0 Å². The molecule has 0 aliphatic heterocycles. The maximum atomic E-state index is 8.44. The molecule has 0 aliphatic carbocycles. The van der Waals surface area contributed by atoms with Gasteiger partial charge in [0.25, 0.3) is 0 Å². The molecular weight excluding hydrogens is 248 g/mol. The molecule has 0 aromatic heterocycles. The molecule has 0 bridgehead atoms. The van der Waals surface area contributed by atoms with Gasteiger partial charge in [-0.1, -0.05) is 42.0 Å². The SMILES string of the molecule is Cc1cccc(CNCc2ccc(OCC#N)cc2)c1. The molecule has 0 amide bonds. The molecule has 0 atom stereocenters.